The average molecular weight is 335 g/mol. The summed E-state index contributed by atoms with van der Waals surface area (Å²) in [7, 11) is 1.56. The number of morpholine rings is 1. The van der Waals surface area contributed by atoms with Gasteiger partial charge >= 0.3 is 0 Å². The molecule has 1 amide bonds. The molecule has 1 aromatic rings. The summed E-state index contributed by atoms with van der Waals surface area (Å²) in [4.78, 5) is 25.6. The summed E-state index contributed by atoms with van der Waals surface area (Å²) in [5.41, 5.74) is 1.34. The number of amides is 1. The lowest BCUT2D eigenvalue weighted by Gasteiger charge is -2.42. The number of hydrogen-bond donors (Lipinski definition) is 1. The molecule has 1 fully saturated rings. The molecule has 1 aromatic carbocycles. The van der Waals surface area contributed by atoms with Gasteiger partial charge in [-0.15, -0.1) is 4.91 Å². The molecule has 0 aromatic heterocycles. The summed E-state index contributed by atoms with van der Waals surface area (Å²) in [6, 6.07) is 5.18. The molecule has 1 N–H and O–H groups in total. The fraction of sp³-hybridized carbons (Fsp3) is 0.588. The van der Waals surface area contributed by atoms with E-state index in [2.05, 4.69) is 29.2 Å². The molecular weight excluding hydrogens is 310 g/mol. The van der Waals surface area contributed by atoms with Gasteiger partial charge in [0.1, 0.15) is 5.69 Å². The molecule has 0 unspecified atom stereocenters. The molecule has 0 aliphatic carbocycles. The second-order valence-corrected chi connectivity index (χ2v) is 6.48. The van der Waals surface area contributed by atoms with Crippen LogP contribution in [-0.2, 0) is 16.0 Å². The lowest BCUT2D eigenvalue weighted by molar-refractivity contribution is -0.0552. The monoisotopic (exact) mass is 335 g/mol. The summed E-state index contributed by atoms with van der Waals surface area (Å²) in [6.45, 7) is 7.94. The Kier molecular flexibility index (Phi) is 6.42. The largest absolute Gasteiger partial charge is 0.383 e. The van der Waals surface area contributed by atoms with Crippen LogP contribution >= 0.6 is 0 Å². The zero-order valence-electron chi connectivity index (χ0n) is 14.5. The van der Waals surface area contributed by atoms with E-state index >= 15 is 0 Å². The highest BCUT2D eigenvalue weighted by atomic mass is 16.5. The number of rotatable bonds is 7. The van der Waals surface area contributed by atoms with Gasteiger partial charge in [0.05, 0.1) is 25.4 Å². The van der Waals surface area contributed by atoms with Gasteiger partial charge in [-0.2, -0.15) is 0 Å². The van der Waals surface area contributed by atoms with Crippen LogP contribution in [0.1, 0.15) is 29.8 Å². The normalized spacial score (nSPS) is 17.5. The average Bonchev–Trinajstić information content (AvgIpc) is 2.56. The number of nitrogens with one attached hydrogen (secondary N) is 1. The van der Waals surface area contributed by atoms with E-state index in [4.69, 9.17) is 9.47 Å². The van der Waals surface area contributed by atoms with Crippen LogP contribution in [0.2, 0.25) is 0 Å². The Balaban J connectivity index is 2.15. The highest BCUT2D eigenvalue weighted by molar-refractivity contribution is 5.99. The third-order valence-electron chi connectivity index (χ3n) is 4.19. The van der Waals surface area contributed by atoms with Gasteiger partial charge in [-0.1, -0.05) is 6.07 Å². The second-order valence-electron chi connectivity index (χ2n) is 6.48. The van der Waals surface area contributed by atoms with Gasteiger partial charge < -0.3 is 14.8 Å². The lowest BCUT2D eigenvalue weighted by atomic mass is 10.0. The number of carbonyl (C=O) groups is 1. The van der Waals surface area contributed by atoms with Crippen LogP contribution in [0.4, 0.5) is 5.69 Å². The van der Waals surface area contributed by atoms with Crippen molar-refractivity contribution in [3.8, 4) is 0 Å². The number of carbonyl (C=O) groups excluding carboxylic acids is 1. The number of methoxy groups -OCH3 is 1. The van der Waals surface area contributed by atoms with Crippen molar-refractivity contribution in [2.75, 3.05) is 40.0 Å². The molecule has 7 nitrogen and oxygen atoms in total. The molecule has 0 radical (unpaired) electrons. The first kappa shape index (κ1) is 18.5. The minimum absolute atomic E-state index is 0.0687. The van der Waals surface area contributed by atoms with Crippen LogP contribution in [0, 0.1) is 4.91 Å². The number of nitrogens with zero attached hydrogens (tertiary/aromatic N) is 2. The third kappa shape index (κ3) is 4.59. The van der Waals surface area contributed by atoms with E-state index in [1.54, 1.807) is 19.2 Å². The maximum absolute atomic E-state index is 12.3. The van der Waals surface area contributed by atoms with Crippen molar-refractivity contribution in [2.24, 2.45) is 5.18 Å². The Labute approximate surface area is 142 Å². The SMILES string of the molecule is COCCNC(=O)c1cc(CN2CCOCC2(C)C)ccc1N=O. The van der Waals surface area contributed by atoms with Crippen LogP contribution in [-0.4, -0.2) is 56.4 Å². The molecule has 132 valence electrons. The summed E-state index contributed by atoms with van der Waals surface area (Å²) in [6.07, 6.45) is 0. The van der Waals surface area contributed by atoms with Gasteiger partial charge in [0.2, 0.25) is 0 Å². The molecule has 0 saturated carbocycles. The molecule has 1 aliphatic heterocycles. The minimum atomic E-state index is -0.315. The van der Waals surface area contributed by atoms with Gasteiger partial charge in [-0.05, 0) is 36.7 Å². The first-order valence-corrected chi connectivity index (χ1v) is 8.04. The van der Waals surface area contributed by atoms with E-state index in [-0.39, 0.29) is 17.1 Å². The Morgan fingerprint density at radius 3 is 2.92 bits per heavy atom. The standard InChI is InChI=1S/C17H25N3O4/c1-17(2)12-24-9-7-20(17)11-13-4-5-15(19-22)14(10-13)16(21)18-6-8-23-3/h4-5,10H,6-9,11-12H2,1-3H3,(H,18,21). The molecule has 7 heteroatoms. The smallest absolute Gasteiger partial charge is 0.253 e. The molecular formula is C17H25N3O4. The maximum Gasteiger partial charge on any atom is 0.253 e. The highest BCUT2D eigenvalue weighted by Gasteiger charge is 2.30. The molecule has 2 rings (SSSR count). The van der Waals surface area contributed by atoms with E-state index in [1.807, 2.05) is 6.07 Å². The quantitative estimate of drug-likeness (QED) is 0.609. The van der Waals surface area contributed by atoms with Gasteiger partial charge in [0, 0.05) is 32.3 Å². The number of benzene rings is 1. The summed E-state index contributed by atoms with van der Waals surface area (Å²) < 4.78 is 10.4. The Hall–Kier alpha value is -1.83. The zero-order chi connectivity index (χ0) is 17.6. The Morgan fingerprint density at radius 2 is 2.25 bits per heavy atom. The fourth-order valence-electron chi connectivity index (χ4n) is 2.71. The molecule has 0 atom stereocenters. The molecule has 0 spiro atoms. The van der Waals surface area contributed by atoms with E-state index in [0.29, 0.717) is 38.5 Å². The topological polar surface area (TPSA) is 80.2 Å². The van der Waals surface area contributed by atoms with Crippen molar-refractivity contribution in [1.29, 1.82) is 0 Å². The van der Waals surface area contributed by atoms with Crippen molar-refractivity contribution < 1.29 is 14.3 Å². The van der Waals surface area contributed by atoms with E-state index in [1.165, 1.54) is 0 Å². The molecule has 1 saturated heterocycles. The lowest BCUT2D eigenvalue weighted by Crippen LogP contribution is -2.52. The summed E-state index contributed by atoms with van der Waals surface area (Å²) in [5, 5.41) is 5.69. The van der Waals surface area contributed by atoms with Crippen LogP contribution in [0.15, 0.2) is 23.4 Å². The van der Waals surface area contributed by atoms with Crippen LogP contribution in [0.3, 0.4) is 0 Å². The summed E-state index contributed by atoms with van der Waals surface area (Å²) >= 11 is 0. The molecule has 1 aliphatic rings. The number of hydrogen-bond acceptors (Lipinski definition) is 6. The van der Waals surface area contributed by atoms with E-state index < -0.39 is 0 Å². The summed E-state index contributed by atoms with van der Waals surface area (Å²) in [5.74, 6) is -0.315. The highest BCUT2D eigenvalue weighted by Crippen LogP contribution is 2.25. The minimum Gasteiger partial charge on any atom is -0.383 e. The van der Waals surface area contributed by atoms with Gasteiger partial charge in [-0.3, -0.25) is 9.69 Å². The number of nitroso groups, excluding NO2 is 1. The fourth-order valence-corrected chi connectivity index (χ4v) is 2.71. The van der Waals surface area contributed by atoms with Gasteiger partial charge in [-0.25, -0.2) is 0 Å². The van der Waals surface area contributed by atoms with Crippen molar-refractivity contribution in [2.45, 2.75) is 25.9 Å². The third-order valence-corrected chi connectivity index (χ3v) is 4.19. The first-order chi connectivity index (χ1) is 11.5. The first-order valence-electron chi connectivity index (χ1n) is 8.04. The van der Waals surface area contributed by atoms with Crippen molar-refractivity contribution in [3.63, 3.8) is 0 Å². The predicted octanol–water partition coefficient (Wildman–Crippen LogP) is 2.07. The predicted molar refractivity (Wildman–Crippen MR) is 91.4 cm³/mol. The number of ether oxygens (including phenoxy) is 2. The van der Waals surface area contributed by atoms with Crippen LogP contribution in [0.5, 0.6) is 0 Å². The van der Waals surface area contributed by atoms with Gasteiger partial charge in [0.15, 0.2) is 0 Å². The van der Waals surface area contributed by atoms with E-state index in [9.17, 15) is 9.70 Å². The Morgan fingerprint density at radius 1 is 1.46 bits per heavy atom. The molecule has 1 heterocycles. The second kappa shape index (κ2) is 8.32. The zero-order valence-corrected chi connectivity index (χ0v) is 14.5. The van der Waals surface area contributed by atoms with Gasteiger partial charge in [0.25, 0.3) is 5.91 Å². The van der Waals surface area contributed by atoms with Crippen LogP contribution < -0.4 is 5.32 Å². The van der Waals surface area contributed by atoms with E-state index in [0.717, 1.165) is 12.1 Å². The van der Waals surface area contributed by atoms with Crippen molar-refractivity contribution in [3.05, 3.63) is 34.2 Å². The molecule has 0 bridgehead atoms. The van der Waals surface area contributed by atoms with Crippen LogP contribution in [0.25, 0.3) is 0 Å². The molecule has 24 heavy (non-hydrogen) atoms. The van der Waals surface area contributed by atoms with Crippen molar-refractivity contribution >= 4 is 11.6 Å². The Bertz CT molecular complexity index is 589. The van der Waals surface area contributed by atoms with Crippen molar-refractivity contribution in [1.82, 2.24) is 10.2 Å². The maximum atomic E-state index is 12.3.